The summed E-state index contributed by atoms with van der Waals surface area (Å²) in [6.07, 6.45) is 2.71. The summed E-state index contributed by atoms with van der Waals surface area (Å²) in [5.74, 6) is -6.04. The number of amides is 2. The van der Waals surface area contributed by atoms with Crippen molar-refractivity contribution in [3.8, 4) is 11.8 Å². The molecule has 1 aliphatic rings. The third-order valence-electron chi connectivity index (χ3n) is 5.16. The van der Waals surface area contributed by atoms with E-state index < -0.39 is 40.7 Å². The van der Waals surface area contributed by atoms with Crippen LogP contribution in [0.3, 0.4) is 0 Å². The first-order chi connectivity index (χ1) is 15.2. The van der Waals surface area contributed by atoms with Gasteiger partial charge in [0, 0.05) is 25.9 Å². The normalized spacial score (nSPS) is 15.5. The van der Waals surface area contributed by atoms with Crippen LogP contribution < -0.4 is 10.1 Å². The molecular formula is C21H23F3N4O4. The molecule has 11 heteroatoms. The maximum atomic E-state index is 13.6. The number of hydrogen-bond acceptors (Lipinski definition) is 6. The first kappa shape index (κ1) is 23.3. The molecule has 0 bridgehead atoms. The van der Waals surface area contributed by atoms with Crippen LogP contribution in [-0.2, 0) is 4.79 Å². The summed E-state index contributed by atoms with van der Waals surface area (Å²) in [7, 11) is 0. The number of halogens is 3. The molecule has 0 unspecified atom stereocenters. The van der Waals surface area contributed by atoms with E-state index in [1.54, 1.807) is 18.7 Å². The molecule has 172 valence electrons. The molecule has 2 aromatic rings. The molecule has 1 aromatic carbocycles. The van der Waals surface area contributed by atoms with Crippen LogP contribution in [0.5, 0.6) is 11.8 Å². The van der Waals surface area contributed by atoms with Crippen molar-refractivity contribution in [2.45, 2.75) is 38.8 Å². The molecule has 2 N–H and O–H groups in total. The summed E-state index contributed by atoms with van der Waals surface area (Å²) in [6, 6.07) is 0.791. The number of rotatable bonds is 6. The second-order valence-electron chi connectivity index (χ2n) is 7.78. The van der Waals surface area contributed by atoms with Gasteiger partial charge in [0.15, 0.2) is 17.4 Å². The molecule has 3 rings (SSSR count). The van der Waals surface area contributed by atoms with Crippen LogP contribution in [0.4, 0.5) is 13.2 Å². The number of aromatic nitrogens is 2. The zero-order valence-corrected chi connectivity index (χ0v) is 17.5. The molecule has 1 aromatic heterocycles. The highest BCUT2D eigenvalue weighted by Crippen LogP contribution is 2.24. The maximum absolute atomic E-state index is 13.6. The van der Waals surface area contributed by atoms with Crippen LogP contribution in [0.2, 0.25) is 0 Å². The minimum atomic E-state index is -1.53. The minimum absolute atomic E-state index is 0.0508. The van der Waals surface area contributed by atoms with Crippen molar-refractivity contribution in [2.75, 3.05) is 13.1 Å². The molecule has 1 fully saturated rings. The van der Waals surface area contributed by atoms with Gasteiger partial charge >= 0.3 is 6.01 Å². The van der Waals surface area contributed by atoms with E-state index in [2.05, 4.69) is 15.3 Å². The molecule has 2 amide bonds. The Morgan fingerprint density at radius 3 is 2.38 bits per heavy atom. The summed E-state index contributed by atoms with van der Waals surface area (Å²) in [4.78, 5) is 34.6. The van der Waals surface area contributed by atoms with Gasteiger partial charge in [-0.2, -0.15) is 4.39 Å². The summed E-state index contributed by atoms with van der Waals surface area (Å²) in [6.45, 7) is 4.16. The smallest absolute Gasteiger partial charge is 0.316 e. The summed E-state index contributed by atoms with van der Waals surface area (Å²) in [5.41, 5.74) is -0.464. The van der Waals surface area contributed by atoms with E-state index >= 15 is 0 Å². The Hall–Kier alpha value is -3.37. The Morgan fingerprint density at radius 1 is 1.16 bits per heavy atom. The fraction of sp³-hybridized carbons (Fsp3) is 0.429. The second-order valence-corrected chi connectivity index (χ2v) is 7.78. The zero-order chi connectivity index (χ0) is 23.4. The maximum Gasteiger partial charge on any atom is 0.316 e. The Labute approximate surface area is 182 Å². The summed E-state index contributed by atoms with van der Waals surface area (Å²) >= 11 is 0. The number of ether oxygens (including phenoxy) is 1. The number of aromatic hydroxyl groups is 1. The Balaban J connectivity index is 1.61. The van der Waals surface area contributed by atoms with Crippen molar-refractivity contribution >= 4 is 11.8 Å². The van der Waals surface area contributed by atoms with Crippen molar-refractivity contribution in [1.82, 2.24) is 20.2 Å². The lowest BCUT2D eigenvalue weighted by Gasteiger charge is -2.35. The van der Waals surface area contributed by atoms with Crippen LogP contribution in [0.1, 0.15) is 37.0 Å². The van der Waals surface area contributed by atoms with Gasteiger partial charge < -0.3 is 20.1 Å². The fourth-order valence-electron chi connectivity index (χ4n) is 3.36. The lowest BCUT2D eigenvalue weighted by Crippen LogP contribution is -2.53. The minimum Gasteiger partial charge on any atom is -0.504 e. The lowest BCUT2D eigenvalue weighted by molar-refractivity contribution is -0.136. The van der Waals surface area contributed by atoms with Gasteiger partial charge in [0.2, 0.25) is 11.7 Å². The van der Waals surface area contributed by atoms with E-state index in [0.29, 0.717) is 25.9 Å². The number of phenols is 1. The van der Waals surface area contributed by atoms with Crippen LogP contribution in [0, 0.1) is 23.4 Å². The Bertz CT molecular complexity index is 980. The monoisotopic (exact) mass is 452 g/mol. The molecular weight excluding hydrogens is 429 g/mol. The number of piperidine rings is 1. The van der Waals surface area contributed by atoms with Crippen LogP contribution in [0.25, 0.3) is 0 Å². The predicted molar refractivity (Wildman–Crippen MR) is 106 cm³/mol. The number of likely N-dealkylation sites (tertiary alicyclic amines) is 1. The molecule has 1 aliphatic heterocycles. The molecule has 0 aliphatic carbocycles. The third kappa shape index (κ3) is 5.27. The predicted octanol–water partition coefficient (Wildman–Crippen LogP) is 2.42. The number of carbonyl (C=O) groups is 2. The number of carbonyl (C=O) groups excluding carboxylic acids is 2. The average Bonchev–Trinajstić information content (AvgIpc) is 2.77. The fourth-order valence-corrected chi connectivity index (χ4v) is 3.36. The number of phenolic OH excluding ortho intramolecular Hbond substituents is 1. The van der Waals surface area contributed by atoms with Gasteiger partial charge in [-0.15, -0.1) is 0 Å². The number of hydrogen-bond donors (Lipinski definition) is 2. The topological polar surface area (TPSA) is 105 Å². The summed E-state index contributed by atoms with van der Waals surface area (Å²) in [5, 5.41) is 12.2. The van der Waals surface area contributed by atoms with Gasteiger partial charge in [-0.05, 0) is 18.1 Å². The van der Waals surface area contributed by atoms with E-state index in [9.17, 15) is 27.9 Å². The van der Waals surface area contributed by atoms with Crippen molar-refractivity contribution in [1.29, 1.82) is 0 Å². The lowest BCUT2D eigenvalue weighted by atomic mass is 9.99. The molecule has 8 nitrogen and oxygen atoms in total. The highest BCUT2D eigenvalue weighted by Gasteiger charge is 2.33. The third-order valence-corrected chi connectivity index (χ3v) is 5.16. The molecule has 2 heterocycles. The Kier molecular flexibility index (Phi) is 7.16. The van der Waals surface area contributed by atoms with Crippen molar-refractivity contribution < 1.29 is 32.6 Å². The number of benzene rings is 1. The molecule has 0 radical (unpaired) electrons. The van der Waals surface area contributed by atoms with Crippen LogP contribution in [0.15, 0.2) is 24.5 Å². The van der Waals surface area contributed by atoms with Gasteiger partial charge in [0.25, 0.3) is 5.91 Å². The first-order valence-corrected chi connectivity index (χ1v) is 10.1. The molecule has 32 heavy (non-hydrogen) atoms. The van der Waals surface area contributed by atoms with E-state index in [1.807, 2.05) is 0 Å². The molecule has 1 atom stereocenters. The quantitative estimate of drug-likeness (QED) is 0.698. The van der Waals surface area contributed by atoms with Gasteiger partial charge in [0.1, 0.15) is 12.1 Å². The van der Waals surface area contributed by atoms with Gasteiger partial charge in [0.05, 0.1) is 18.0 Å². The van der Waals surface area contributed by atoms with E-state index in [-0.39, 0.29) is 23.9 Å². The summed E-state index contributed by atoms with van der Waals surface area (Å²) < 4.78 is 45.3. The number of nitrogens with zero attached hydrogens (tertiary/aromatic N) is 3. The van der Waals surface area contributed by atoms with Crippen molar-refractivity contribution in [2.24, 2.45) is 5.92 Å². The van der Waals surface area contributed by atoms with Crippen molar-refractivity contribution in [3.63, 3.8) is 0 Å². The highest BCUT2D eigenvalue weighted by atomic mass is 19.2. The SMILES string of the molecule is CC(C)[C@H](NC(=O)c1ccc(F)c(F)c1O)C(=O)N1CCC(Oc2ncc(F)cn2)CC1. The average molecular weight is 452 g/mol. The van der Waals surface area contributed by atoms with Crippen LogP contribution >= 0.6 is 0 Å². The molecule has 0 spiro atoms. The van der Waals surface area contributed by atoms with Gasteiger partial charge in [-0.3, -0.25) is 9.59 Å². The second kappa shape index (κ2) is 9.84. The van der Waals surface area contributed by atoms with E-state index in [0.717, 1.165) is 24.5 Å². The van der Waals surface area contributed by atoms with E-state index in [1.165, 1.54) is 0 Å². The van der Waals surface area contributed by atoms with E-state index in [4.69, 9.17) is 4.74 Å². The molecule has 0 saturated carbocycles. The van der Waals surface area contributed by atoms with Gasteiger partial charge in [-0.25, -0.2) is 18.7 Å². The van der Waals surface area contributed by atoms with Crippen LogP contribution in [-0.4, -0.2) is 57.0 Å². The van der Waals surface area contributed by atoms with Crippen molar-refractivity contribution in [3.05, 3.63) is 47.5 Å². The number of nitrogens with one attached hydrogen (secondary N) is 1. The molecule has 1 saturated heterocycles. The first-order valence-electron chi connectivity index (χ1n) is 10.1. The standard InChI is InChI=1S/C21H23F3N4O4/c1-11(2)17(27-19(30)14-3-4-15(23)16(24)18(14)29)20(31)28-7-5-13(6-8-28)32-21-25-9-12(22)10-26-21/h3-4,9-11,13,17,29H,5-8H2,1-2H3,(H,27,30)/t17-/m0/s1. The largest absolute Gasteiger partial charge is 0.504 e. The van der Waals surface area contributed by atoms with Gasteiger partial charge in [-0.1, -0.05) is 13.8 Å². The zero-order valence-electron chi connectivity index (χ0n) is 17.5. The Morgan fingerprint density at radius 2 is 1.78 bits per heavy atom. The highest BCUT2D eigenvalue weighted by molar-refractivity contribution is 5.99.